The highest BCUT2D eigenvalue weighted by Gasteiger charge is 2.32. The predicted molar refractivity (Wildman–Crippen MR) is 92.0 cm³/mol. The number of carboxylic acids is 1. The van der Waals surface area contributed by atoms with Gasteiger partial charge < -0.3 is 14.7 Å². The van der Waals surface area contributed by atoms with Gasteiger partial charge in [0.05, 0.1) is 6.42 Å². The van der Waals surface area contributed by atoms with Gasteiger partial charge in [0.2, 0.25) is 0 Å². The zero-order valence-corrected chi connectivity index (χ0v) is 14.7. The van der Waals surface area contributed by atoms with Crippen molar-refractivity contribution in [3.8, 4) is 0 Å². The fourth-order valence-corrected chi connectivity index (χ4v) is 3.26. The summed E-state index contributed by atoms with van der Waals surface area (Å²) in [6.07, 6.45) is 1.44. The minimum absolute atomic E-state index is 0.00973. The Kier molecular flexibility index (Phi) is 5.86. The first kappa shape index (κ1) is 18.3. The molecule has 0 radical (unpaired) electrons. The Balaban J connectivity index is 2.00. The van der Waals surface area contributed by atoms with Crippen molar-refractivity contribution in [1.29, 1.82) is 0 Å². The molecule has 0 spiro atoms. The standard InChI is InChI=1S/C19H27NO4/c1-19(2,3)24-18(23)20-11-9-15(10-12-20)16(13-17(21)22)14-7-5-4-6-8-14/h4-8,15-16H,9-13H2,1-3H3,(H,21,22). The molecule has 1 unspecified atom stereocenters. The third kappa shape index (κ3) is 5.25. The van der Waals surface area contributed by atoms with E-state index in [-0.39, 0.29) is 24.3 Å². The summed E-state index contributed by atoms with van der Waals surface area (Å²) in [5.41, 5.74) is 0.569. The van der Waals surface area contributed by atoms with Crippen LogP contribution >= 0.6 is 0 Å². The van der Waals surface area contributed by atoms with Crippen molar-refractivity contribution in [3.63, 3.8) is 0 Å². The van der Waals surface area contributed by atoms with Crippen molar-refractivity contribution < 1.29 is 19.4 Å². The quantitative estimate of drug-likeness (QED) is 0.907. The van der Waals surface area contributed by atoms with Gasteiger partial charge in [-0.2, -0.15) is 0 Å². The first-order chi connectivity index (χ1) is 11.3. The molecule has 1 amide bonds. The lowest BCUT2D eigenvalue weighted by atomic mass is 9.78. The third-order valence-electron chi connectivity index (χ3n) is 4.38. The molecule has 1 saturated heterocycles. The van der Waals surface area contributed by atoms with E-state index in [9.17, 15) is 14.7 Å². The summed E-state index contributed by atoms with van der Waals surface area (Å²) in [7, 11) is 0. The SMILES string of the molecule is CC(C)(C)OC(=O)N1CCC(C(CC(=O)O)c2ccccc2)CC1. The lowest BCUT2D eigenvalue weighted by Crippen LogP contribution is -2.42. The summed E-state index contributed by atoms with van der Waals surface area (Å²) in [6.45, 7) is 6.80. The maximum atomic E-state index is 12.1. The van der Waals surface area contributed by atoms with Gasteiger partial charge in [-0.3, -0.25) is 4.79 Å². The molecule has 0 bridgehead atoms. The number of carbonyl (C=O) groups is 2. The van der Waals surface area contributed by atoms with Crippen molar-refractivity contribution in [2.24, 2.45) is 5.92 Å². The average molecular weight is 333 g/mol. The Labute approximate surface area is 143 Å². The Hall–Kier alpha value is -2.04. The number of likely N-dealkylation sites (tertiary alicyclic amines) is 1. The molecule has 24 heavy (non-hydrogen) atoms. The molecular weight excluding hydrogens is 306 g/mol. The van der Waals surface area contributed by atoms with Crippen LogP contribution < -0.4 is 0 Å². The number of benzene rings is 1. The highest BCUT2D eigenvalue weighted by Crippen LogP contribution is 2.35. The predicted octanol–water partition coefficient (Wildman–Crippen LogP) is 3.89. The zero-order valence-electron chi connectivity index (χ0n) is 14.7. The molecule has 1 aliphatic rings. The number of hydrogen-bond acceptors (Lipinski definition) is 3. The molecule has 5 heteroatoms. The fourth-order valence-electron chi connectivity index (χ4n) is 3.26. The first-order valence-corrected chi connectivity index (χ1v) is 8.51. The molecule has 0 aliphatic carbocycles. The van der Waals surface area contributed by atoms with Crippen molar-refractivity contribution in [1.82, 2.24) is 4.90 Å². The van der Waals surface area contributed by atoms with E-state index in [0.717, 1.165) is 18.4 Å². The van der Waals surface area contributed by atoms with Gasteiger partial charge in [0.15, 0.2) is 0 Å². The van der Waals surface area contributed by atoms with Crippen LogP contribution in [0.5, 0.6) is 0 Å². The van der Waals surface area contributed by atoms with Crippen LogP contribution in [0, 0.1) is 5.92 Å². The number of carboxylic acid groups (broad SMARTS) is 1. The normalized spacial score (nSPS) is 17.4. The Bertz CT molecular complexity index is 556. The van der Waals surface area contributed by atoms with Crippen LogP contribution in [0.2, 0.25) is 0 Å². The number of nitrogens with zero attached hydrogens (tertiary/aromatic N) is 1. The maximum absolute atomic E-state index is 12.1. The van der Waals surface area contributed by atoms with E-state index >= 15 is 0 Å². The molecule has 1 atom stereocenters. The van der Waals surface area contributed by atoms with Gasteiger partial charge in [-0.1, -0.05) is 30.3 Å². The van der Waals surface area contributed by atoms with Crippen LogP contribution in [-0.2, 0) is 9.53 Å². The zero-order chi connectivity index (χ0) is 17.7. The van der Waals surface area contributed by atoms with E-state index in [4.69, 9.17) is 4.74 Å². The number of amides is 1. The molecule has 0 saturated carbocycles. The van der Waals surface area contributed by atoms with Crippen LogP contribution in [0.25, 0.3) is 0 Å². The van der Waals surface area contributed by atoms with Gasteiger partial charge in [0, 0.05) is 13.1 Å². The number of piperidine rings is 1. The second-order valence-electron chi connectivity index (χ2n) is 7.42. The summed E-state index contributed by atoms with van der Waals surface area (Å²) in [5.74, 6) is -0.523. The van der Waals surface area contributed by atoms with Crippen LogP contribution in [0.1, 0.15) is 51.5 Å². The highest BCUT2D eigenvalue weighted by atomic mass is 16.6. The topological polar surface area (TPSA) is 66.8 Å². The van der Waals surface area contributed by atoms with E-state index in [2.05, 4.69) is 0 Å². The minimum atomic E-state index is -0.779. The summed E-state index contributed by atoms with van der Waals surface area (Å²) < 4.78 is 5.41. The maximum Gasteiger partial charge on any atom is 0.410 e. The summed E-state index contributed by atoms with van der Waals surface area (Å²) in [4.78, 5) is 25.1. The number of carbonyl (C=O) groups excluding carboxylic acids is 1. The van der Waals surface area contributed by atoms with Gasteiger partial charge in [-0.15, -0.1) is 0 Å². The molecule has 1 aliphatic heterocycles. The molecule has 1 aromatic rings. The number of rotatable bonds is 4. The Morgan fingerprint density at radius 2 is 1.79 bits per heavy atom. The number of hydrogen-bond donors (Lipinski definition) is 1. The highest BCUT2D eigenvalue weighted by molar-refractivity contribution is 5.69. The summed E-state index contributed by atoms with van der Waals surface area (Å²) >= 11 is 0. The molecule has 1 aromatic carbocycles. The van der Waals surface area contributed by atoms with E-state index < -0.39 is 11.6 Å². The van der Waals surface area contributed by atoms with Crippen molar-refractivity contribution in [3.05, 3.63) is 35.9 Å². The molecule has 0 aromatic heterocycles. The summed E-state index contributed by atoms with van der Waals surface area (Å²) in [6, 6.07) is 9.81. The smallest absolute Gasteiger partial charge is 0.410 e. The molecule has 132 valence electrons. The molecule has 1 heterocycles. The van der Waals surface area contributed by atoms with Gasteiger partial charge in [-0.25, -0.2) is 4.79 Å². The molecule has 2 rings (SSSR count). The monoisotopic (exact) mass is 333 g/mol. The van der Waals surface area contributed by atoms with Crippen LogP contribution in [0.4, 0.5) is 4.79 Å². The molecule has 5 nitrogen and oxygen atoms in total. The lowest BCUT2D eigenvalue weighted by Gasteiger charge is -2.36. The van der Waals surface area contributed by atoms with Crippen LogP contribution in [0.15, 0.2) is 30.3 Å². The van der Waals surface area contributed by atoms with E-state index in [1.807, 2.05) is 51.1 Å². The van der Waals surface area contributed by atoms with E-state index in [0.29, 0.717) is 13.1 Å². The van der Waals surface area contributed by atoms with Gasteiger partial charge in [0.1, 0.15) is 5.60 Å². The largest absolute Gasteiger partial charge is 0.481 e. The molecule has 1 fully saturated rings. The third-order valence-corrected chi connectivity index (χ3v) is 4.38. The summed E-state index contributed by atoms with van der Waals surface area (Å²) in [5, 5.41) is 9.26. The van der Waals surface area contributed by atoms with E-state index in [1.54, 1.807) is 4.90 Å². The lowest BCUT2D eigenvalue weighted by molar-refractivity contribution is -0.137. The minimum Gasteiger partial charge on any atom is -0.481 e. The van der Waals surface area contributed by atoms with Gasteiger partial charge in [0.25, 0.3) is 0 Å². The van der Waals surface area contributed by atoms with Crippen LogP contribution in [0.3, 0.4) is 0 Å². The number of aliphatic carboxylic acids is 1. The van der Waals surface area contributed by atoms with Crippen LogP contribution in [-0.4, -0.2) is 40.8 Å². The van der Waals surface area contributed by atoms with Crippen molar-refractivity contribution in [2.75, 3.05) is 13.1 Å². The molecular formula is C19H27NO4. The van der Waals surface area contributed by atoms with Crippen molar-refractivity contribution >= 4 is 12.1 Å². The van der Waals surface area contributed by atoms with Crippen molar-refractivity contribution in [2.45, 2.75) is 51.6 Å². The second kappa shape index (κ2) is 7.69. The first-order valence-electron chi connectivity index (χ1n) is 8.51. The second-order valence-corrected chi connectivity index (χ2v) is 7.42. The average Bonchev–Trinajstić information content (AvgIpc) is 2.52. The molecule has 1 N–H and O–H groups in total. The Morgan fingerprint density at radius 1 is 1.21 bits per heavy atom. The number of ether oxygens (including phenoxy) is 1. The Morgan fingerprint density at radius 3 is 2.29 bits per heavy atom. The van der Waals surface area contributed by atoms with Gasteiger partial charge >= 0.3 is 12.1 Å². The fraction of sp³-hybridized carbons (Fsp3) is 0.579. The van der Waals surface area contributed by atoms with Gasteiger partial charge in [-0.05, 0) is 51.0 Å². The van der Waals surface area contributed by atoms with E-state index in [1.165, 1.54) is 0 Å².